The number of amidine groups is 2. The monoisotopic (exact) mass is 698 g/mol. The molecule has 0 unspecified atom stereocenters. The Labute approximate surface area is 298 Å². The van der Waals surface area contributed by atoms with Crippen molar-refractivity contribution in [3.63, 3.8) is 0 Å². The van der Waals surface area contributed by atoms with Crippen LogP contribution >= 0.6 is 0 Å². The number of nitrogens with zero attached hydrogens (tertiary/aromatic N) is 12. The van der Waals surface area contributed by atoms with Gasteiger partial charge < -0.3 is 33.9 Å². The topological polar surface area (TPSA) is 116 Å². The van der Waals surface area contributed by atoms with Gasteiger partial charge in [0.25, 0.3) is 0 Å². The van der Waals surface area contributed by atoms with Gasteiger partial charge in [-0.05, 0) is 46.6 Å². The minimum absolute atomic E-state index is 0. The number of halogens is 2. The first-order valence-electron chi connectivity index (χ1n) is 15.1. The van der Waals surface area contributed by atoms with Gasteiger partial charge in [0, 0.05) is 50.1 Å². The Morgan fingerprint density at radius 2 is 1.04 bits per heavy atom. The van der Waals surface area contributed by atoms with E-state index in [-0.39, 0.29) is 30.7 Å². The summed E-state index contributed by atoms with van der Waals surface area (Å²) < 4.78 is 7.58. The Bertz CT molecular complexity index is 2030. The Kier molecular flexibility index (Phi) is 16.8. The highest BCUT2D eigenvalue weighted by Gasteiger charge is 2.10. The van der Waals surface area contributed by atoms with Crippen molar-refractivity contribution in [1.29, 1.82) is 0 Å². The normalized spacial score (nSPS) is 12.5. The van der Waals surface area contributed by atoms with Gasteiger partial charge in [-0.1, -0.05) is 68.4 Å². The number of aryl methyl sites for hydroxylation is 4. The van der Waals surface area contributed by atoms with Crippen LogP contribution in [0.15, 0.2) is 169 Å². The molecule has 0 aliphatic rings. The van der Waals surface area contributed by atoms with E-state index in [2.05, 4.69) is 40.9 Å². The van der Waals surface area contributed by atoms with Crippen LogP contribution < -0.4 is 44.9 Å². The predicted molar refractivity (Wildman–Crippen MR) is 181 cm³/mol. The van der Waals surface area contributed by atoms with Crippen LogP contribution in [0.3, 0.4) is 0 Å². The molecule has 0 saturated heterocycles. The van der Waals surface area contributed by atoms with Crippen LogP contribution in [-0.2, 0) is 28.2 Å². The zero-order valence-corrected chi connectivity index (χ0v) is 29.8. The van der Waals surface area contributed by atoms with E-state index in [4.69, 9.17) is 0 Å². The quantitative estimate of drug-likeness (QED) is 0.0742. The zero-order chi connectivity index (χ0) is 33.4. The number of hydrogen-bond acceptors (Lipinski definition) is 6. The highest BCUT2D eigenvalue weighted by Crippen LogP contribution is 2.09. The molecule has 0 fully saturated rings. The van der Waals surface area contributed by atoms with Crippen molar-refractivity contribution in [2.75, 3.05) is 0 Å². The number of pyridine rings is 4. The molecular formula is C35H40Cl2N12. The van der Waals surface area contributed by atoms with Gasteiger partial charge in [0.05, 0.1) is 36.7 Å². The molecule has 0 aliphatic carbocycles. The highest BCUT2D eigenvalue weighted by atomic mass is 35.5. The molecule has 0 bridgehead atoms. The second-order valence-corrected chi connectivity index (χ2v) is 10.7. The van der Waals surface area contributed by atoms with Crippen molar-refractivity contribution >= 4 is 23.3 Å². The minimum Gasteiger partial charge on any atom is -1.00 e. The summed E-state index contributed by atoms with van der Waals surface area (Å²) in [5.74, 6) is 2.68. The first-order chi connectivity index (χ1) is 22.8. The summed E-state index contributed by atoms with van der Waals surface area (Å²) >= 11 is 0. The van der Waals surface area contributed by atoms with Crippen molar-refractivity contribution < 1.29 is 33.9 Å². The first-order valence-corrected chi connectivity index (χ1v) is 15.1. The number of hydrogen-bond donors (Lipinski definition) is 0. The predicted octanol–water partition coefficient (Wildman–Crippen LogP) is -0.592. The van der Waals surface area contributed by atoms with E-state index in [1.54, 1.807) is 0 Å². The summed E-state index contributed by atoms with van der Waals surface area (Å²) in [5.41, 5.74) is 2.35. The summed E-state index contributed by atoms with van der Waals surface area (Å²) in [6.07, 6.45) is 7.69. The third-order valence-corrected chi connectivity index (χ3v) is 6.66. The molecule has 4 heterocycles. The van der Waals surface area contributed by atoms with Crippen LogP contribution in [0.1, 0.15) is 19.4 Å². The molecule has 5 aromatic rings. The molecule has 4 aromatic heterocycles. The average molecular weight is 700 g/mol. The van der Waals surface area contributed by atoms with E-state index >= 15 is 0 Å². The van der Waals surface area contributed by atoms with Crippen LogP contribution in [0.25, 0.3) is 0 Å². The van der Waals surface area contributed by atoms with E-state index in [1.807, 2.05) is 188 Å². The van der Waals surface area contributed by atoms with Gasteiger partial charge in [0.2, 0.25) is 11.7 Å². The molecule has 0 aliphatic heterocycles. The molecule has 14 heteroatoms. The minimum atomic E-state index is 0. The van der Waals surface area contributed by atoms with Crippen LogP contribution in [0.5, 0.6) is 0 Å². The lowest BCUT2D eigenvalue weighted by Gasteiger charge is -1.99. The smallest absolute Gasteiger partial charge is 0.350 e. The van der Waals surface area contributed by atoms with Gasteiger partial charge in [-0.25, -0.2) is 9.13 Å². The molecule has 0 spiro atoms. The lowest BCUT2D eigenvalue weighted by Crippen LogP contribution is -3.00. The summed E-state index contributed by atoms with van der Waals surface area (Å²) in [6, 6.07) is 32.7. The van der Waals surface area contributed by atoms with Crippen LogP contribution in [0, 0.1) is 5.92 Å². The van der Waals surface area contributed by atoms with E-state index in [1.165, 1.54) is 0 Å². The molecule has 5 rings (SSSR count). The molecule has 0 amide bonds. The molecular weight excluding hydrogens is 659 g/mol. The van der Waals surface area contributed by atoms with Crippen molar-refractivity contribution in [3.05, 3.63) is 144 Å². The fourth-order valence-electron chi connectivity index (χ4n) is 3.85. The average Bonchev–Trinajstić information content (AvgIpc) is 3.08. The fraction of sp³-hybridized carbons (Fsp3) is 0.200. The summed E-state index contributed by atoms with van der Waals surface area (Å²) in [4.78, 5) is 0. The summed E-state index contributed by atoms with van der Waals surface area (Å²) in [6.45, 7) is 4.03. The molecule has 0 radical (unpaired) electrons. The van der Waals surface area contributed by atoms with E-state index in [9.17, 15) is 0 Å². The lowest BCUT2D eigenvalue weighted by molar-refractivity contribution is -0.658. The Morgan fingerprint density at radius 3 is 1.53 bits per heavy atom. The van der Waals surface area contributed by atoms with Crippen LogP contribution in [0.4, 0.5) is 11.6 Å². The second-order valence-electron chi connectivity index (χ2n) is 10.7. The molecule has 49 heavy (non-hydrogen) atoms. The summed E-state index contributed by atoms with van der Waals surface area (Å²) in [7, 11) is 7.69. The van der Waals surface area contributed by atoms with Crippen LogP contribution in [0.2, 0.25) is 0 Å². The standard InChI is InChI=1S/C19H19N6.C16H21N6.2ClH/c1-24-14-8-6-12-17(24)20-22-19(16-10-4-3-5-11-16)23-21-18-13-7-9-15-25(18)2;1-13(2)16(19-17-14-9-5-7-11-21(14)3)20-18-15-10-6-8-12-22(15)4;;/h3-15H,1-2H3;5-13H,1-4H3;2*1H/q2*+1;;/p-2. The lowest BCUT2D eigenvalue weighted by atomic mass is 10.2. The maximum Gasteiger partial charge on any atom is 0.350 e. The third kappa shape index (κ3) is 12.6. The third-order valence-electron chi connectivity index (χ3n) is 6.66. The Morgan fingerprint density at radius 1 is 0.571 bits per heavy atom. The first kappa shape index (κ1) is 39.7. The maximum atomic E-state index is 4.32. The summed E-state index contributed by atoms with van der Waals surface area (Å²) in [5, 5.41) is 34.3. The molecule has 12 nitrogen and oxygen atoms in total. The van der Waals surface area contributed by atoms with Gasteiger partial charge in [0.1, 0.15) is 0 Å². The highest BCUT2D eigenvalue weighted by molar-refractivity contribution is 5.99. The molecule has 0 N–H and O–H groups in total. The van der Waals surface area contributed by atoms with Gasteiger partial charge in [-0.15, -0.1) is 20.4 Å². The van der Waals surface area contributed by atoms with Gasteiger partial charge >= 0.3 is 11.6 Å². The van der Waals surface area contributed by atoms with Crippen molar-refractivity contribution in [2.24, 2.45) is 75.0 Å². The molecule has 0 saturated carbocycles. The number of benzene rings is 1. The zero-order valence-electron chi connectivity index (χ0n) is 28.3. The van der Waals surface area contributed by atoms with E-state index < -0.39 is 0 Å². The van der Waals surface area contributed by atoms with E-state index in [0.29, 0.717) is 11.7 Å². The van der Waals surface area contributed by atoms with E-state index in [0.717, 1.165) is 28.2 Å². The van der Waals surface area contributed by atoms with Crippen LogP contribution in [-0.4, -0.2) is 20.8 Å². The molecule has 1 aromatic carbocycles. The Balaban J connectivity index is 0.000000329. The van der Waals surface area contributed by atoms with Crippen molar-refractivity contribution in [2.45, 2.75) is 13.8 Å². The second kappa shape index (κ2) is 20.7. The maximum absolute atomic E-state index is 4.32. The number of rotatable bonds is 6. The molecule has 0 atom stereocenters. The van der Waals surface area contributed by atoms with Crippen molar-refractivity contribution in [1.82, 2.24) is 9.13 Å². The van der Waals surface area contributed by atoms with Gasteiger partial charge in [-0.3, -0.25) is 0 Å². The number of azo groups is 2. The van der Waals surface area contributed by atoms with Gasteiger partial charge in [0.15, 0.2) is 11.0 Å². The molecule has 254 valence electrons. The SMILES string of the molecule is CC(C)C(N=Nc1cccc[n+]1C)=NN=c1ccccn1C.Cn1ccccc1=NN=C(N=Nc1cccc[n+]1C)c1ccccc1.[Cl-].[Cl-]. The number of aromatic nitrogens is 4. The fourth-order valence-corrected chi connectivity index (χ4v) is 3.85. The Hall–Kier alpha value is -5.46. The largest absolute Gasteiger partial charge is 1.00 e. The van der Waals surface area contributed by atoms with Crippen molar-refractivity contribution in [3.8, 4) is 0 Å². The van der Waals surface area contributed by atoms with Gasteiger partial charge in [-0.2, -0.15) is 0 Å².